The molecule has 0 unspecified atom stereocenters. The number of rotatable bonds is 2. The van der Waals surface area contributed by atoms with Gasteiger partial charge in [-0.05, 0) is 29.7 Å². The Balaban J connectivity index is 2.83. The summed E-state index contributed by atoms with van der Waals surface area (Å²) >= 11 is 0. The molecular formula is C9H18N4. The fourth-order valence-electron chi connectivity index (χ4n) is 1.20. The maximum Gasteiger partial charge on any atom is 0.152 e. The van der Waals surface area contributed by atoms with Gasteiger partial charge in [-0.25, -0.2) is 4.68 Å². The summed E-state index contributed by atoms with van der Waals surface area (Å²) in [5.74, 6) is 0.975. The summed E-state index contributed by atoms with van der Waals surface area (Å²) in [5, 5.41) is 11.7. The molecule has 74 valence electrons. The van der Waals surface area contributed by atoms with Crippen molar-refractivity contribution in [1.82, 2.24) is 20.2 Å². The van der Waals surface area contributed by atoms with Gasteiger partial charge in [-0.15, -0.1) is 5.10 Å². The van der Waals surface area contributed by atoms with Crippen molar-refractivity contribution in [1.29, 1.82) is 0 Å². The molecule has 0 saturated heterocycles. The lowest BCUT2D eigenvalue weighted by Gasteiger charge is -2.17. The van der Waals surface area contributed by atoms with Crippen molar-refractivity contribution in [2.75, 3.05) is 0 Å². The third-order valence-corrected chi connectivity index (χ3v) is 1.74. The molecule has 4 heteroatoms. The van der Waals surface area contributed by atoms with E-state index in [2.05, 4.69) is 50.1 Å². The van der Waals surface area contributed by atoms with E-state index in [4.69, 9.17) is 0 Å². The van der Waals surface area contributed by atoms with Crippen molar-refractivity contribution in [3.8, 4) is 0 Å². The topological polar surface area (TPSA) is 43.6 Å². The lowest BCUT2D eigenvalue weighted by Crippen LogP contribution is -2.16. The Labute approximate surface area is 79.3 Å². The minimum absolute atomic E-state index is 0.237. The first-order valence-corrected chi connectivity index (χ1v) is 4.67. The Morgan fingerprint density at radius 3 is 2.38 bits per heavy atom. The maximum atomic E-state index is 4.02. The minimum atomic E-state index is 0.237. The number of nitrogens with zero attached hydrogens (tertiary/aromatic N) is 4. The normalized spacial score (nSPS) is 12.5. The molecular weight excluding hydrogens is 164 g/mol. The second kappa shape index (κ2) is 3.44. The predicted octanol–water partition coefficient (Wildman–Crippen LogP) is 1.84. The first kappa shape index (κ1) is 10.2. The molecule has 0 saturated carbocycles. The largest absolute Gasteiger partial charge is 0.227 e. The van der Waals surface area contributed by atoms with Crippen LogP contribution in [0.5, 0.6) is 0 Å². The smallest absolute Gasteiger partial charge is 0.152 e. The Kier molecular flexibility index (Phi) is 2.68. The van der Waals surface area contributed by atoms with Crippen molar-refractivity contribution in [2.45, 2.75) is 47.1 Å². The zero-order chi connectivity index (χ0) is 10.1. The summed E-state index contributed by atoms with van der Waals surface area (Å²) in [7, 11) is 0. The van der Waals surface area contributed by atoms with Gasteiger partial charge in [0.05, 0.1) is 6.04 Å². The van der Waals surface area contributed by atoms with Crippen molar-refractivity contribution in [3.63, 3.8) is 0 Å². The van der Waals surface area contributed by atoms with Gasteiger partial charge >= 0.3 is 0 Å². The highest BCUT2D eigenvalue weighted by atomic mass is 15.5. The van der Waals surface area contributed by atoms with Crippen LogP contribution in [0.1, 0.15) is 46.5 Å². The van der Waals surface area contributed by atoms with Gasteiger partial charge in [0.15, 0.2) is 5.82 Å². The molecule has 4 nitrogen and oxygen atoms in total. The third-order valence-electron chi connectivity index (χ3n) is 1.74. The molecule has 0 N–H and O–H groups in total. The van der Waals surface area contributed by atoms with Gasteiger partial charge in [-0.2, -0.15) is 0 Å². The molecule has 0 aliphatic rings. The van der Waals surface area contributed by atoms with E-state index in [0.29, 0.717) is 6.04 Å². The molecule has 0 radical (unpaired) electrons. The maximum absolute atomic E-state index is 4.02. The summed E-state index contributed by atoms with van der Waals surface area (Å²) in [5.41, 5.74) is 0.237. The lowest BCUT2D eigenvalue weighted by molar-refractivity contribution is 0.378. The van der Waals surface area contributed by atoms with Crippen LogP contribution in [0.3, 0.4) is 0 Å². The first-order valence-electron chi connectivity index (χ1n) is 4.67. The van der Waals surface area contributed by atoms with Crippen LogP contribution >= 0.6 is 0 Å². The van der Waals surface area contributed by atoms with E-state index in [1.165, 1.54) is 0 Å². The Bertz CT molecular complexity index is 269. The van der Waals surface area contributed by atoms with Gasteiger partial charge in [-0.3, -0.25) is 0 Å². The number of hydrogen-bond donors (Lipinski definition) is 0. The molecule has 13 heavy (non-hydrogen) atoms. The second-order valence-corrected chi connectivity index (χ2v) is 4.87. The van der Waals surface area contributed by atoms with Crippen LogP contribution in [0.15, 0.2) is 0 Å². The molecule has 1 aromatic heterocycles. The number of hydrogen-bond acceptors (Lipinski definition) is 3. The third kappa shape index (κ3) is 2.79. The average molecular weight is 182 g/mol. The number of tetrazole rings is 1. The van der Waals surface area contributed by atoms with E-state index in [0.717, 1.165) is 12.2 Å². The summed E-state index contributed by atoms with van der Waals surface area (Å²) in [6, 6.07) is 0.340. The molecule has 1 rings (SSSR count). The summed E-state index contributed by atoms with van der Waals surface area (Å²) in [6.45, 7) is 10.7. The molecule has 0 bridgehead atoms. The quantitative estimate of drug-likeness (QED) is 0.701. The molecule has 0 aliphatic carbocycles. The van der Waals surface area contributed by atoms with Crippen LogP contribution in [0.2, 0.25) is 0 Å². The van der Waals surface area contributed by atoms with Crippen LogP contribution in [0, 0.1) is 5.41 Å². The van der Waals surface area contributed by atoms with Crippen molar-refractivity contribution in [3.05, 3.63) is 5.82 Å². The molecule has 0 amide bonds. The fourth-order valence-corrected chi connectivity index (χ4v) is 1.20. The minimum Gasteiger partial charge on any atom is -0.227 e. The molecule has 0 aliphatic heterocycles. The van der Waals surface area contributed by atoms with Gasteiger partial charge in [0, 0.05) is 6.42 Å². The van der Waals surface area contributed by atoms with Gasteiger partial charge in [0.25, 0.3) is 0 Å². The van der Waals surface area contributed by atoms with E-state index in [1.54, 1.807) is 0 Å². The van der Waals surface area contributed by atoms with Gasteiger partial charge in [-0.1, -0.05) is 20.8 Å². The van der Waals surface area contributed by atoms with Crippen LogP contribution < -0.4 is 0 Å². The fraction of sp³-hybridized carbons (Fsp3) is 0.889. The van der Waals surface area contributed by atoms with E-state index in [-0.39, 0.29) is 5.41 Å². The van der Waals surface area contributed by atoms with Crippen LogP contribution in [0.4, 0.5) is 0 Å². The standard InChI is InChI=1S/C9H18N4/c1-7(2)13-8(10-11-12-13)6-9(3,4)5/h7H,6H2,1-5H3. The second-order valence-electron chi connectivity index (χ2n) is 4.87. The van der Waals surface area contributed by atoms with E-state index >= 15 is 0 Å². The zero-order valence-electron chi connectivity index (χ0n) is 9.07. The SMILES string of the molecule is CC(C)n1nnnc1CC(C)(C)C. The number of aromatic nitrogens is 4. The highest BCUT2D eigenvalue weighted by molar-refractivity contribution is 4.87. The van der Waals surface area contributed by atoms with E-state index < -0.39 is 0 Å². The summed E-state index contributed by atoms with van der Waals surface area (Å²) in [6.07, 6.45) is 0.915. The van der Waals surface area contributed by atoms with Crippen molar-refractivity contribution in [2.24, 2.45) is 5.41 Å². The Hall–Kier alpha value is -0.930. The van der Waals surface area contributed by atoms with Crippen LogP contribution in [-0.2, 0) is 6.42 Å². The van der Waals surface area contributed by atoms with Gasteiger partial charge < -0.3 is 0 Å². The van der Waals surface area contributed by atoms with Crippen molar-refractivity contribution < 1.29 is 0 Å². The van der Waals surface area contributed by atoms with E-state index in [1.807, 2.05) is 4.68 Å². The zero-order valence-corrected chi connectivity index (χ0v) is 9.07. The Morgan fingerprint density at radius 2 is 1.92 bits per heavy atom. The van der Waals surface area contributed by atoms with Crippen LogP contribution in [0.25, 0.3) is 0 Å². The van der Waals surface area contributed by atoms with Gasteiger partial charge in [0.1, 0.15) is 0 Å². The molecule has 1 aromatic rings. The Morgan fingerprint density at radius 1 is 1.31 bits per heavy atom. The molecule has 0 aromatic carbocycles. The van der Waals surface area contributed by atoms with Gasteiger partial charge in [0.2, 0.25) is 0 Å². The predicted molar refractivity (Wildman–Crippen MR) is 51.4 cm³/mol. The molecule has 0 fully saturated rings. The molecule has 0 atom stereocenters. The van der Waals surface area contributed by atoms with Crippen LogP contribution in [-0.4, -0.2) is 20.2 Å². The lowest BCUT2D eigenvalue weighted by atomic mass is 9.92. The highest BCUT2D eigenvalue weighted by Gasteiger charge is 2.17. The van der Waals surface area contributed by atoms with Crippen molar-refractivity contribution >= 4 is 0 Å². The highest BCUT2D eigenvalue weighted by Crippen LogP contribution is 2.19. The molecule has 0 spiro atoms. The summed E-state index contributed by atoms with van der Waals surface area (Å²) < 4.78 is 1.88. The van der Waals surface area contributed by atoms with E-state index in [9.17, 15) is 0 Å². The monoisotopic (exact) mass is 182 g/mol. The summed E-state index contributed by atoms with van der Waals surface area (Å²) in [4.78, 5) is 0. The molecule has 1 heterocycles. The average Bonchev–Trinajstić information content (AvgIpc) is 2.31. The first-order chi connectivity index (χ1) is 5.90.